The molecule has 0 saturated carbocycles. The number of carboxylic acid groups (broad SMARTS) is 1. The van der Waals surface area contributed by atoms with Crippen molar-refractivity contribution in [2.45, 2.75) is 17.4 Å². The zero-order valence-electron chi connectivity index (χ0n) is 17.6. The number of carboxylic acids is 1. The number of para-hydroxylation sites is 1. The molecule has 0 bridgehead atoms. The van der Waals surface area contributed by atoms with Crippen LogP contribution in [0.3, 0.4) is 0 Å². The van der Waals surface area contributed by atoms with Crippen molar-refractivity contribution >= 4 is 49.7 Å². The van der Waals surface area contributed by atoms with Crippen molar-refractivity contribution in [1.82, 2.24) is 9.62 Å². The number of fused-ring (bicyclic) bond motifs is 4. The quantitative estimate of drug-likeness (QED) is 0.390. The normalized spacial score (nSPS) is 14.6. The van der Waals surface area contributed by atoms with E-state index in [9.17, 15) is 27.9 Å². The molecule has 0 aliphatic carbocycles. The molecule has 4 aromatic rings. The number of hydrogen-bond acceptors (Lipinski definition) is 6. The highest BCUT2D eigenvalue weighted by atomic mass is 32.2. The monoisotopic (exact) mass is 478 g/mol. The van der Waals surface area contributed by atoms with Crippen LogP contribution in [0.5, 0.6) is 0 Å². The molecular weight excluding hydrogens is 460 g/mol. The number of imide groups is 1. The maximum Gasteiger partial charge on any atom is 0.321 e. The molecule has 2 amide bonds. The molecule has 9 nitrogen and oxygen atoms in total. The van der Waals surface area contributed by atoms with Crippen LogP contribution in [0.4, 0.5) is 0 Å². The van der Waals surface area contributed by atoms with Crippen LogP contribution in [-0.4, -0.2) is 48.8 Å². The van der Waals surface area contributed by atoms with Gasteiger partial charge in [-0.3, -0.25) is 19.3 Å². The van der Waals surface area contributed by atoms with Gasteiger partial charge < -0.3 is 9.52 Å². The fraction of sp³-hybridized carbons (Fsp3) is 0.125. The number of carbonyl (C=O) groups excluding carboxylic acids is 2. The molecule has 2 heterocycles. The average Bonchev–Trinajstić information content (AvgIpc) is 3.31. The minimum absolute atomic E-state index is 0.126. The molecule has 3 aromatic carbocycles. The lowest BCUT2D eigenvalue weighted by atomic mass is 10.1. The van der Waals surface area contributed by atoms with E-state index in [-0.39, 0.29) is 29.0 Å². The number of rotatable bonds is 7. The minimum atomic E-state index is -4.23. The Morgan fingerprint density at radius 2 is 1.53 bits per heavy atom. The molecule has 34 heavy (non-hydrogen) atoms. The lowest BCUT2D eigenvalue weighted by Gasteiger charge is -2.19. The SMILES string of the molecule is O=C(O)C(CCN1C(=O)c2ccccc2C1=O)NS(=O)(=O)c1ccc2oc3ccccc3c2c1. The van der Waals surface area contributed by atoms with Crippen LogP contribution in [0, 0.1) is 0 Å². The van der Waals surface area contributed by atoms with Gasteiger partial charge in [-0.1, -0.05) is 30.3 Å². The number of aliphatic carboxylic acids is 1. The average molecular weight is 478 g/mol. The second-order valence-corrected chi connectivity index (χ2v) is 9.58. The first kappa shape index (κ1) is 21.8. The van der Waals surface area contributed by atoms with Gasteiger partial charge in [0.1, 0.15) is 17.2 Å². The van der Waals surface area contributed by atoms with E-state index in [1.165, 1.54) is 30.3 Å². The van der Waals surface area contributed by atoms with E-state index in [0.717, 1.165) is 10.3 Å². The second-order valence-electron chi connectivity index (χ2n) is 7.86. The van der Waals surface area contributed by atoms with E-state index in [1.54, 1.807) is 36.4 Å². The highest BCUT2D eigenvalue weighted by Crippen LogP contribution is 2.30. The Balaban J connectivity index is 1.37. The summed E-state index contributed by atoms with van der Waals surface area (Å²) in [6.07, 6.45) is -0.295. The molecule has 0 radical (unpaired) electrons. The zero-order valence-corrected chi connectivity index (χ0v) is 18.4. The molecule has 0 saturated heterocycles. The summed E-state index contributed by atoms with van der Waals surface area (Å²) in [5.74, 6) is -2.50. The van der Waals surface area contributed by atoms with E-state index < -0.39 is 33.8 Å². The summed E-state index contributed by atoms with van der Waals surface area (Å²) in [6.45, 7) is -0.253. The Hall–Kier alpha value is -4.02. The number of nitrogens with one attached hydrogen (secondary N) is 1. The molecule has 2 N–H and O–H groups in total. The van der Waals surface area contributed by atoms with Crippen LogP contribution in [0.2, 0.25) is 0 Å². The summed E-state index contributed by atoms with van der Waals surface area (Å²) in [7, 11) is -4.23. The van der Waals surface area contributed by atoms with Crippen molar-refractivity contribution in [2.24, 2.45) is 0 Å². The third-order valence-electron chi connectivity index (χ3n) is 5.77. The molecule has 1 aliphatic heterocycles. The van der Waals surface area contributed by atoms with Gasteiger partial charge in [0.25, 0.3) is 11.8 Å². The summed E-state index contributed by atoms with van der Waals surface area (Å²) >= 11 is 0. The van der Waals surface area contributed by atoms with Gasteiger partial charge in [0.15, 0.2) is 0 Å². The molecule has 0 fully saturated rings. The van der Waals surface area contributed by atoms with Crippen LogP contribution < -0.4 is 4.72 Å². The second kappa shape index (κ2) is 8.08. The Labute approximate surface area is 193 Å². The van der Waals surface area contributed by atoms with Crippen LogP contribution in [-0.2, 0) is 14.8 Å². The van der Waals surface area contributed by atoms with E-state index in [4.69, 9.17) is 4.42 Å². The predicted molar refractivity (Wildman–Crippen MR) is 122 cm³/mol. The summed E-state index contributed by atoms with van der Waals surface area (Å²) < 4.78 is 33.9. The van der Waals surface area contributed by atoms with Crippen LogP contribution >= 0.6 is 0 Å². The number of nitrogens with zero attached hydrogens (tertiary/aromatic N) is 1. The first-order valence-corrected chi connectivity index (χ1v) is 11.9. The third-order valence-corrected chi connectivity index (χ3v) is 7.24. The lowest BCUT2D eigenvalue weighted by Crippen LogP contribution is -2.43. The largest absolute Gasteiger partial charge is 0.480 e. The summed E-state index contributed by atoms with van der Waals surface area (Å²) in [6, 6.07) is 16.2. The summed E-state index contributed by atoms with van der Waals surface area (Å²) in [4.78, 5) is 37.6. The smallest absolute Gasteiger partial charge is 0.321 e. The molecule has 10 heteroatoms. The third kappa shape index (κ3) is 3.62. The zero-order chi connectivity index (χ0) is 24.0. The van der Waals surface area contributed by atoms with Gasteiger partial charge in [0.2, 0.25) is 10.0 Å². The van der Waals surface area contributed by atoms with Crippen LogP contribution in [0.25, 0.3) is 21.9 Å². The summed E-state index contributed by atoms with van der Waals surface area (Å²) in [5.41, 5.74) is 1.58. The molecule has 0 spiro atoms. The first-order valence-electron chi connectivity index (χ1n) is 10.4. The fourth-order valence-electron chi connectivity index (χ4n) is 4.06. The molecule has 172 valence electrons. The standard InChI is InChI=1S/C24H18N2O7S/c27-22-16-6-1-2-7-17(16)23(28)26(22)12-11-19(24(29)30)25-34(31,32)14-9-10-21-18(13-14)15-5-3-4-8-20(15)33-21/h1-10,13,19,25H,11-12H2,(H,29,30). The fourth-order valence-corrected chi connectivity index (χ4v) is 5.31. The summed E-state index contributed by atoms with van der Waals surface area (Å²) in [5, 5.41) is 10.9. The Kier molecular flexibility index (Phi) is 5.18. The van der Waals surface area contributed by atoms with Gasteiger partial charge in [-0.2, -0.15) is 4.72 Å². The van der Waals surface area contributed by atoms with Gasteiger partial charge >= 0.3 is 5.97 Å². The van der Waals surface area contributed by atoms with Crippen molar-refractivity contribution < 1.29 is 32.3 Å². The van der Waals surface area contributed by atoms with Gasteiger partial charge in [-0.05, 0) is 42.8 Å². The molecule has 1 atom stereocenters. The molecule has 5 rings (SSSR count). The Bertz CT molecular complexity index is 1550. The topological polar surface area (TPSA) is 134 Å². The molecule has 1 unspecified atom stereocenters. The van der Waals surface area contributed by atoms with E-state index in [2.05, 4.69) is 4.72 Å². The molecular formula is C24H18N2O7S. The Morgan fingerprint density at radius 1 is 0.912 bits per heavy atom. The van der Waals surface area contributed by atoms with Crippen molar-refractivity contribution in [3.63, 3.8) is 0 Å². The van der Waals surface area contributed by atoms with Crippen molar-refractivity contribution in [2.75, 3.05) is 6.54 Å². The maximum absolute atomic E-state index is 13.0. The number of sulfonamides is 1. The van der Waals surface area contributed by atoms with E-state index in [1.807, 2.05) is 0 Å². The van der Waals surface area contributed by atoms with Crippen LogP contribution in [0.15, 0.2) is 76.0 Å². The minimum Gasteiger partial charge on any atom is -0.480 e. The molecule has 1 aromatic heterocycles. The predicted octanol–water partition coefficient (Wildman–Crippen LogP) is 3.00. The van der Waals surface area contributed by atoms with Crippen LogP contribution in [0.1, 0.15) is 27.1 Å². The highest BCUT2D eigenvalue weighted by Gasteiger charge is 2.36. The first-order chi connectivity index (χ1) is 16.3. The maximum atomic E-state index is 13.0. The number of amides is 2. The number of carbonyl (C=O) groups is 3. The van der Waals surface area contributed by atoms with Gasteiger partial charge in [0, 0.05) is 17.3 Å². The Morgan fingerprint density at radius 3 is 2.21 bits per heavy atom. The molecule has 1 aliphatic rings. The number of hydrogen-bond donors (Lipinski definition) is 2. The van der Waals surface area contributed by atoms with E-state index >= 15 is 0 Å². The van der Waals surface area contributed by atoms with Crippen molar-refractivity contribution in [1.29, 1.82) is 0 Å². The van der Waals surface area contributed by atoms with E-state index in [0.29, 0.717) is 16.6 Å². The van der Waals surface area contributed by atoms with Crippen molar-refractivity contribution in [3.05, 3.63) is 77.9 Å². The van der Waals surface area contributed by atoms with Gasteiger partial charge in [0.05, 0.1) is 16.0 Å². The van der Waals surface area contributed by atoms with Gasteiger partial charge in [-0.25, -0.2) is 8.42 Å². The number of furan rings is 1. The lowest BCUT2D eigenvalue weighted by molar-refractivity contribution is -0.139. The number of benzene rings is 3. The van der Waals surface area contributed by atoms with Gasteiger partial charge in [-0.15, -0.1) is 0 Å². The van der Waals surface area contributed by atoms with Crippen molar-refractivity contribution in [3.8, 4) is 0 Å². The highest BCUT2D eigenvalue weighted by molar-refractivity contribution is 7.89.